The molecule has 0 aromatic rings. The molecule has 0 aliphatic carbocycles. The van der Waals surface area contributed by atoms with Gasteiger partial charge in [-0.1, -0.05) is 13.8 Å². The van der Waals surface area contributed by atoms with Gasteiger partial charge in [-0.25, -0.2) is 8.42 Å². The largest absolute Gasteiger partial charge is 0.311 e. The van der Waals surface area contributed by atoms with Crippen LogP contribution in [0.2, 0.25) is 0 Å². The minimum atomic E-state index is -2.90. The molecule has 1 unspecified atom stereocenters. The first kappa shape index (κ1) is 14.9. The summed E-state index contributed by atoms with van der Waals surface area (Å²) in [7, 11) is -2.90. The summed E-state index contributed by atoms with van der Waals surface area (Å²) in [5.74, 6) is 0.884. The molecule has 0 radical (unpaired) electrons. The molecule has 0 aromatic carbocycles. The van der Waals surface area contributed by atoms with Crippen LogP contribution in [0.3, 0.4) is 0 Å². The number of hydrogen-bond acceptors (Lipinski definition) is 4. The molecule has 0 saturated carbocycles. The van der Waals surface area contributed by atoms with Gasteiger partial charge in [-0.05, 0) is 19.8 Å². The zero-order valence-corrected chi connectivity index (χ0v) is 12.3. The standard InChI is InChI=1S/C12H26N2O2S/c1-10(2)12-9-14(6-5-13-12)7-8-17(15,16)11(3)4/h10-13H,5-9H2,1-4H3. The number of piperazine rings is 1. The van der Waals surface area contributed by atoms with Gasteiger partial charge in [0.1, 0.15) is 0 Å². The lowest BCUT2D eigenvalue weighted by molar-refractivity contribution is 0.183. The van der Waals surface area contributed by atoms with Crippen molar-refractivity contribution in [2.75, 3.05) is 31.9 Å². The second-order valence-corrected chi connectivity index (χ2v) is 8.20. The first-order chi connectivity index (χ1) is 7.83. The van der Waals surface area contributed by atoms with Crippen LogP contribution in [-0.4, -0.2) is 56.5 Å². The maximum absolute atomic E-state index is 11.7. The van der Waals surface area contributed by atoms with Gasteiger partial charge >= 0.3 is 0 Å². The van der Waals surface area contributed by atoms with E-state index < -0.39 is 9.84 Å². The van der Waals surface area contributed by atoms with E-state index in [0.717, 1.165) is 19.6 Å². The van der Waals surface area contributed by atoms with Crippen LogP contribution in [0.25, 0.3) is 0 Å². The fourth-order valence-electron chi connectivity index (χ4n) is 1.98. The molecule has 1 fully saturated rings. The van der Waals surface area contributed by atoms with Crippen LogP contribution in [-0.2, 0) is 9.84 Å². The summed E-state index contributed by atoms with van der Waals surface area (Å²) in [4.78, 5) is 2.26. The summed E-state index contributed by atoms with van der Waals surface area (Å²) in [6, 6.07) is 0.491. The Balaban J connectivity index is 2.42. The molecule has 1 aliphatic heterocycles. The first-order valence-electron chi connectivity index (χ1n) is 6.50. The minimum absolute atomic E-state index is 0.258. The lowest BCUT2D eigenvalue weighted by Crippen LogP contribution is -2.53. The van der Waals surface area contributed by atoms with E-state index in [1.807, 2.05) is 0 Å². The molecule has 17 heavy (non-hydrogen) atoms. The van der Waals surface area contributed by atoms with Crippen molar-refractivity contribution in [1.29, 1.82) is 0 Å². The Kier molecular flexibility index (Phi) is 5.41. The third-order valence-electron chi connectivity index (χ3n) is 3.50. The van der Waals surface area contributed by atoms with E-state index >= 15 is 0 Å². The SMILES string of the molecule is CC(C)C1CN(CCS(=O)(=O)C(C)C)CCN1. The van der Waals surface area contributed by atoms with Crippen LogP contribution in [0.5, 0.6) is 0 Å². The van der Waals surface area contributed by atoms with Crippen molar-refractivity contribution in [3.05, 3.63) is 0 Å². The molecule has 0 amide bonds. The van der Waals surface area contributed by atoms with E-state index in [1.54, 1.807) is 13.8 Å². The van der Waals surface area contributed by atoms with E-state index in [2.05, 4.69) is 24.1 Å². The average Bonchev–Trinajstić information content (AvgIpc) is 2.26. The zero-order valence-electron chi connectivity index (χ0n) is 11.4. The number of nitrogens with one attached hydrogen (secondary N) is 1. The average molecular weight is 262 g/mol. The first-order valence-corrected chi connectivity index (χ1v) is 8.22. The van der Waals surface area contributed by atoms with Gasteiger partial charge in [0.2, 0.25) is 0 Å². The normalized spacial score (nSPS) is 23.5. The highest BCUT2D eigenvalue weighted by Crippen LogP contribution is 2.09. The summed E-state index contributed by atoms with van der Waals surface area (Å²) >= 11 is 0. The van der Waals surface area contributed by atoms with Crippen molar-refractivity contribution >= 4 is 9.84 Å². The Morgan fingerprint density at radius 2 is 1.94 bits per heavy atom. The Hall–Kier alpha value is -0.130. The van der Waals surface area contributed by atoms with Gasteiger partial charge in [0.25, 0.3) is 0 Å². The molecule has 0 spiro atoms. The number of sulfone groups is 1. The lowest BCUT2D eigenvalue weighted by atomic mass is 10.0. The fourth-order valence-corrected chi connectivity index (χ4v) is 2.97. The fraction of sp³-hybridized carbons (Fsp3) is 1.00. The van der Waals surface area contributed by atoms with Gasteiger partial charge in [-0.15, -0.1) is 0 Å². The van der Waals surface area contributed by atoms with E-state index in [-0.39, 0.29) is 11.0 Å². The van der Waals surface area contributed by atoms with Crippen molar-refractivity contribution in [2.45, 2.75) is 39.0 Å². The summed E-state index contributed by atoms with van der Waals surface area (Å²) in [5, 5.41) is 3.22. The molecular formula is C12H26N2O2S. The highest BCUT2D eigenvalue weighted by atomic mass is 32.2. The van der Waals surface area contributed by atoms with Crippen molar-refractivity contribution in [3.63, 3.8) is 0 Å². The van der Waals surface area contributed by atoms with E-state index in [9.17, 15) is 8.42 Å². The van der Waals surface area contributed by atoms with Crippen LogP contribution in [0.1, 0.15) is 27.7 Å². The van der Waals surface area contributed by atoms with E-state index in [1.165, 1.54) is 0 Å². The molecule has 5 heteroatoms. The topological polar surface area (TPSA) is 49.4 Å². The third kappa shape index (κ3) is 4.56. The molecular weight excluding hydrogens is 236 g/mol. The number of hydrogen-bond donors (Lipinski definition) is 1. The molecule has 0 bridgehead atoms. The number of nitrogens with zero attached hydrogens (tertiary/aromatic N) is 1. The molecule has 0 aromatic heterocycles. The maximum Gasteiger partial charge on any atom is 0.153 e. The smallest absolute Gasteiger partial charge is 0.153 e. The maximum atomic E-state index is 11.7. The van der Waals surface area contributed by atoms with Crippen LogP contribution in [0.15, 0.2) is 0 Å². The van der Waals surface area contributed by atoms with Crippen LogP contribution in [0, 0.1) is 5.92 Å². The highest BCUT2D eigenvalue weighted by molar-refractivity contribution is 7.92. The van der Waals surface area contributed by atoms with Crippen LogP contribution < -0.4 is 5.32 Å². The van der Waals surface area contributed by atoms with Crippen LogP contribution >= 0.6 is 0 Å². The van der Waals surface area contributed by atoms with Gasteiger partial charge in [0, 0.05) is 32.2 Å². The molecule has 1 heterocycles. The molecule has 1 atom stereocenters. The van der Waals surface area contributed by atoms with Gasteiger partial charge in [0.05, 0.1) is 11.0 Å². The van der Waals surface area contributed by atoms with E-state index in [4.69, 9.17) is 0 Å². The molecule has 1 N–H and O–H groups in total. The van der Waals surface area contributed by atoms with Crippen LogP contribution in [0.4, 0.5) is 0 Å². The summed E-state index contributed by atoms with van der Waals surface area (Å²) < 4.78 is 23.5. The number of rotatable bonds is 5. The lowest BCUT2D eigenvalue weighted by Gasteiger charge is -2.35. The van der Waals surface area contributed by atoms with Crippen molar-refractivity contribution in [1.82, 2.24) is 10.2 Å². The minimum Gasteiger partial charge on any atom is -0.311 e. The summed E-state index contributed by atoms with van der Waals surface area (Å²) in [6.45, 7) is 11.5. The van der Waals surface area contributed by atoms with Gasteiger partial charge in [0.15, 0.2) is 9.84 Å². The second-order valence-electron chi connectivity index (χ2n) is 5.52. The Morgan fingerprint density at radius 1 is 1.29 bits per heavy atom. The van der Waals surface area contributed by atoms with Gasteiger partial charge in [-0.3, -0.25) is 4.90 Å². The highest BCUT2D eigenvalue weighted by Gasteiger charge is 2.23. The zero-order chi connectivity index (χ0) is 13.1. The third-order valence-corrected chi connectivity index (χ3v) is 5.69. The van der Waals surface area contributed by atoms with Gasteiger partial charge in [-0.2, -0.15) is 0 Å². The summed E-state index contributed by atoms with van der Waals surface area (Å²) in [5.41, 5.74) is 0. The molecule has 102 valence electrons. The summed E-state index contributed by atoms with van der Waals surface area (Å²) in [6.07, 6.45) is 0. The molecule has 1 saturated heterocycles. The monoisotopic (exact) mass is 262 g/mol. The quantitative estimate of drug-likeness (QED) is 0.794. The van der Waals surface area contributed by atoms with Crippen molar-refractivity contribution in [3.8, 4) is 0 Å². The van der Waals surface area contributed by atoms with Crippen molar-refractivity contribution < 1.29 is 8.42 Å². The second kappa shape index (κ2) is 6.16. The van der Waals surface area contributed by atoms with E-state index in [0.29, 0.717) is 18.5 Å². The predicted molar refractivity (Wildman–Crippen MR) is 72.0 cm³/mol. The Bertz CT molecular complexity index is 325. The van der Waals surface area contributed by atoms with Gasteiger partial charge < -0.3 is 5.32 Å². The Morgan fingerprint density at radius 3 is 2.47 bits per heavy atom. The molecule has 1 aliphatic rings. The predicted octanol–water partition coefficient (Wildman–Crippen LogP) is 0.739. The molecule has 4 nitrogen and oxygen atoms in total. The Labute approximate surface area is 106 Å². The van der Waals surface area contributed by atoms with Crippen molar-refractivity contribution in [2.24, 2.45) is 5.92 Å². The molecule has 1 rings (SSSR count).